The van der Waals surface area contributed by atoms with E-state index in [1.807, 2.05) is 25.7 Å². The number of nitrogens with one attached hydrogen (secondary N) is 1. The average molecular weight is 300 g/mol. The van der Waals surface area contributed by atoms with E-state index in [9.17, 15) is 4.79 Å². The van der Waals surface area contributed by atoms with Gasteiger partial charge in [0.1, 0.15) is 5.60 Å². The van der Waals surface area contributed by atoms with Gasteiger partial charge in [-0.3, -0.25) is 0 Å². The summed E-state index contributed by atoms with van der Waals surface area (Å²) >= 11 is 0. The fraction of sp³-hybridized carbons (Fsp3) is 0.938. The van der Waals surface area contributed by atoms with Gasteiger partial charge in [-0.15, -0.1) is 0 Å². The molecule has 0 aromatic heterocycles. The molecule has 0 saturated carbocycles. The van der Waals surface area contributed by atoms with Gasteiger partial charge >= 0.3 is 6.09 Å². The van der Waals surface area contributed by atoms with Crippen molar-refractivity contribution in [1.82, 2.24) is 10.2 Å². The van der Waals surface area contributed by atoms with Crippen LogP contribution in [0.25, 0.3) is 0 Å². The smallest absolute Gasteiger partial charge is 0.410 e. The molecule has 1 aliphatic heterocycles. The summed E-state index contributed by atoms with van der Waals surface area (Å²) in [6.45, 7) is 12.4. The highest BCUT2D eigenvalue weighted by molar-refractivity contribution is 5.69. The highest BCUT2D eigenvalue weighted by Gasteiger charge is 2.31. The Kier molecular flexibility index (Phi) is 6.47. The third-order valence-corrected chi connectivity index (χ3v) is 3.84. The van der Waals surface area contributed by atoms with Crippen molar-refractivity contribution in [3.63, 3.8) is 0 Å². The Labute approximate surface area is 129 Å². The summed E-state index contributed by atoms with van der Waals surface area (Å²) in [6, 6.07) is 0.241. The highest BCUT2D eigenvalue weighted by atomic mass is 16.6. The molecule has 1 fully saturated rings. The molecule has 1 amide bonds. The Morgan fingerprint density at radius 2 is 1.95 bits per heavy atom. The summed E-state index contributed by atoms with van der Waals surface area (Å²) in [5, 5.41) is 3.44. The van der Waals surface area contributed by atoms with Crippen molar-refractivity contribution in [2.24, 2.45) is 0 Å². The molecular weight excluding hydrogens is 268 g/mol. The normalized spacial score (nSPS) is 19.9. The SMILES string of the molecule is COC(C)(C)CCNCC1CCCN1C(=O)OC(C)(C)C. The van der Waals surface area contributed by atoms with Crippen molar-refractivity contribution in [3.8, 4) is 0 Å². The molecule has 1 atom stereocenters. The van der Waals surface area contributed by atoms with Crippen molar-refractivity contribution >= 4 is 6.09 Å². The van der Waals surface area contributed by atoms with E-state index in [0.29, 0.717) is 0 Å². The summed E-state index contributed by atoms with van der Waals surface area (Å²) in [7, 11) is 1.74. The summed E-state index contributed by atoms with van der Waals surface area (Å²) in [4.78, 5) is 14.0. The minimum absolute atomic E-state index is 0.104. The summed E-state index contributed by atoms with van der Waals surface area (Å²) in [6.07, 6.45) is 2.85. The molecule has 1 heterocycles. The molecule has 5 nitrogen and oxygen atoms in total. The topological polar surface area (TPSA) is 50.8 Å². The van der Waals surface area contributed by atoms with Gasteiger partial charge in [-0.05, 0) is 60.4 Å². The highest BCUT2D eigenvalue weighted by Crippen LogP contribution is 2.20. The lowest BCUT2D eigenvalue weighted by atomic mass is 10.1. The molecule has 1 N–H and O–H groups in total. The van der Waals surface area contributed by atoms with E-state index in [1.54, 1.807) is 7.11 Å². The maximum Gasteiger partial charge on any atom is 0.410 e. The molecule has 0 aromatic carbocycles. The lowest BCUT2D eigenvalue weighted by Gasteiger charge is -2.29. The zero-order valence-corrected chi connectivity index (χ0v) is 14.5. The van der Waals surface area contributed by atoms with Crippen molar-refractivity contribution in [2.45, 2.75) is 71.1 Å². The molecule has 21 heavy (non-hydrogen) atoms. The van der Waals surface area contributed by atoms with Crippen LogP contribution in [-0.2, 0) is 9.47 Å². The lowest BCUT2D eigenvalue weighted by Crippen LogP contribution is -2.44. The van der Waals surface area contributed by atoms with E-state index < -0.39 is 5.60 Å². The maximum absolute atomic E-state index is 12.2. The number of rotatable bonds is 6. The van der Waals surface area contributed by atoms with E-state index in [-0.39, 0.29) is 17.7 Å². The number of methoxy groups -OCH3 is 1. The zero-order valence-electron chi connectivity index (χ0n) is 14.5. The van der Waals surface area contributed by atoms with Crippen molar-refractivity contribution in [3.05, 3.63) is 0 Å². The summed E-state index contributed by atoms with van der Waals surface area (Å²) in [5.74, 6) is 0. The van der Waals surface area contributed by atoms with Crippen molar-refractivity contribution < 1.29 is 14.3 Å². The van der Waals surface area contributed by atoms with E-state index in [2.05, 4.69) is 19.2 Å². The van der Waals surface area contributed by atoms with Crippen LogP contribution < -0.4 is 5.32 Å². The summed E-state index contributed by atoms with van der Waals surface area (Å²) < 4.78 is 10.9. The Morgan fingerprint density at radius 3 is 2.52 bits per heavy atom. The minimum atomic E-state index is -0.430. The standard InChI is InChI=1S/C16H32N2O3/c1-15(2,3)21-14(19)18-11-7-8-13(18)12-17-10-9-16(4,5)20-6/h13,17H,7-12H2,1-6H3. The van der Waals surface area contributed by atoms with Crippen LogP contribution in [0.4, 0.5) is 4.79 Å². The van der Waals surface area contributed by atoms with Crippen molar-refractivity contribution in [2.75, 3.05) is 26.7 Å². The third kappa shape index (κ3) is 6.66. The van der Waals surface area contributed by atoms with Crippen LogP contribution in [-0.4, -0.2) is 55.0 Å². The van der Waals surface area contributed by atoms with E-state index in [0.717, 1.165) is 38.9 Å². The Morgan fingerprint density at radius 1 is 1.29 bits per heavy atom. The Balaban J connectivity index is 2.35. The molecule has 1 aliphatic rings. The summed E-state index contributed by atoms with van der Waals surface area (Å²) in [5.41, 5.74) is -0.534. The van der Waals surface area contributed by atoms with Gasteiger partial charge in [-0.25, -0.2) is 4.79 Å². The quantitative estimate of drug-likeness (QED) is 0.766. The average Bonchev–Trinajstić information content (AvgIpc) is 2.81. The predicted octanol–water partition coefficient (Wildman–Crippen LogP) is 2.79. The van der Waals surface area contributed by atoms with Gasteiger partial charge < -0.3 is 19.7 Å². The van der Waals surface area contributed by atoms with Gasteiger partial charge in [0.05, 0.1) is 5.60 Å². The lowest BCUT2D eigenvalue weighted by molar-refractivity contribution is 0.0141. The molecule has 1 saturated heterocycles. The van der Waals surface area contributed by atoms with Gasteiger partial charge in [0.15, 0.2) is 0 Å². The maximum atomic E-state index is 12.2. The van der Waals surface area contributed by atoms with Crippen LogP contribution in [0.2, 0.25) is 0 Å². The van der Waals surface area contributed by atoms with Crippen molar-refractivity contribution in [1.29, 1.82) is 0 Å². The second kappa shape index (κ2) is 7.45. The fourth-order valence-electron chi connectivity index (χ4n) is 2.37. The minimum Gasteiger partial charge on any atom is -0.444 e. The van der Waals surface area contributed by atoms with Gasteiger partial charge in [0.2, 0.25) is 0 Å². The first kappa shape index (κ1) is 18.2. The molecule has 0 aliphatic carbocycles. The predicted molar refractivity (Wildman–Crippen MR) is 84.5 cm³/mol. The van der Waals surface area contributed by atoms with Crippen LogP contribution in [0, 0.1) is 0 Å². The van der Waals surface area contributed by atoms with Crippen LogP contribution >= 0.6 is 0 Å². The molecular formula is C16H32N2O3. The van der Waals surface area contributed by atoms with Gasteiger partial charge in [-0.1, -0.05) is 0 Å². The first-order valence-electron chi connectivity index (χ1n) is 7.90. The number of nitrogens with zero attached hydrogens (tertiary/aromatic N) is 1. The number of hydrogen-bond acceptors (Lipinski definition) is 4. The van der Waals surface area contributed by atoms with Crippen LogP contribution in [0.3, 0.4) is 0 Å². The number of carbonyl (C=O) groups is 1. The zero-order chi connectivity index (χ0) is 16.1. The van der Waals surface area contributed by atoms with E-state index in [4.69, 9.17) is 9.47 Å². The molecule has 1 unspecified atom stereocenters. The molecule has 5 heteroatoms. The molecule has 0 bridgehead atoms. The first-order valence-corrected chi connectivity index (χ1v) is 7.90. The molecule has 0 radical (unpaired) electrons. The van der Waals surface area contributed by atoms with Gasteiger partial charge in [0.25, 0.3) is 0 Å². The number of amides is 1. The number of carbonyl (C=O) groups excluding carboxylic acids is 1. The van der Waals surface area contributed by atoms with E-state index in [1.165, 1.54) is 0 Å². The van der Waals surface area contributed by atoms with Crippen LogP contribution in [0.5, 0.6) is 0 Å². The molecule has 0 aromatic rings. The second-order valence-corrected chi connectivity index (χ2v) is 7.39. The van der Waals surface area contributed by atoms with Gasteiger partial charge in [-0.2, -0.15) is 0 Å². The molecule has 1 rings (SSSR count). The van der Waals surface area contributed by atoms with Crippen LogP contribution in [0.1, 0.15) is 53.9 Å². The molecule has 0 spiro atoms. The Bertz CT molecular complexity index is 337. The number of hydrogen-bond donors (Lipinski definition) is 1. The van der Waals surface area contributed by atoms with E-state index >= 15 is 0 Å². The first-order chi connectivity index (χ1) is 9.64. The fourth-order valence-corrected chi connectivity index (χ4v) is 2.37. The largest absolute Gasteiger partial charge is 0.444 e. The third-order valence-electron chi connectivity index (χ3n) is 3.84. The van der Waals surface area contributed by atoms with Crippen LogP contribution in [0.15, 0.2) is 0 Å². The molecule has 124 valence electrons. The number of ether oxygens (including phenoxy) is 2. The van der Waals surface area contributed by atoms with Gasteiger partial charge in [0, 0.05) is 26.2 Å². The Hall–Kier alpha value is -0.810. The monoisotopic (exact) mass is 300 g/mol. The second-order valence-electron chi connectivity index (χ2n) is 7.39. The number of likely N-dealkylation sites (tertiary alicyclic amines) is 1.